The van der Waals surface area contributed by atoms with Gasteiger partial charge in [-0.3, -0.25) is 0 Å². The molecule has 0 aliphatic rings. The standard InChI is InChI=1S/C12H14N8/c1-7-3-9(13)19(17-7)11-5-12(16-6-15-11)20-10(14)4-8(2)18-20/h3-6H,13-14H2,1-2H3. The Labute approximate surface area is 115 Å². The lowest BCUT2D eigenvalue weighted by Crippen LogP contribution is -2.09. The van der Waals surface area contributed by atoms with Gasteiger partial charge in [0.1, 0.15) is 18.0 Å². The highest BCUT2D eigenvalue weighted by molar-refractivity contribution is 5.44. The molecule has 0 aromatic carbocycles. The fourth-order valence-corrected chi connectivity index (χ4v) is 1.97. The maximum atomic E-state index is 5.89. The fourth-order valence-electron chi connectivity index (χ4n) is 1.97. The van der Waals surface area contributed by atoms with E-state index in [2.05, 4.69) is 20.2 Å². The van der Waals surface area contributed by atoms with Gasteiger partial charge >= 0.3 is 0 Å². The summed E-state index contributed by atoms with van der Waals surface area (Å²) in [5.41, 5.74) is 13.4. The first-order valence-electron chi connectivity index (χ1n) is 6.01. The molecule has 0 aliphatic carbocycles. The Hall–Kier alpha value is -2.90. The summed E-state index contributed by atoms with van der Waals surface area (Å²) in [4.78, 5) is 8.35. The van der Waals surface area contributed by atoms with E-state index in [1.165, 1.54) is 6.33 Å². The van der Waals surface area contributed by atoms with E-state index in [4.69, 9.17) is 11.5 Å². The minimum absolute atomic E-state index is 0.511. The van der Waals surface area contributed by atoms with Crippen LogP contribution in [0.2, 0.25) is 0 Å². The summed E-state index contributed by atoms with van der Waals surface area (Å²) in [6.07, 6.45) is 1.43. The Morgan fingerprint density at radius 3 is 1.60 bits per heavy atom. The van der Waals surface area contributed by atoms with Crippen molar-refractivity contribution >= 4 is 11.6 Å². The second-order valence-corrected chi connectivity index (χ2v) is 4.48. The highest BCUT2D eigenvalue weighted by Crippen LogP contribution is 2.16. The maximum Gasteiger partial charge on any atom is 0.161 e. The van der Waals surface area contributed by atoms with Crippen LogP contribution in [0.15, 0.2) is 24.5 Å². The molecule has 3 heterocycles. The van der Waals surface area contributed by atoms with Gasteiger partial charge in [-0.1, -0.05) is 0 Å². The summed E-state index contributed by atoms with van der Waals surface area (Å²) >= 11 is 0. The molecule has 0 bridgehead atoms. The molecule has 3 aromatic heterocycles. The van der Waals surface area contributed by atoms with Crippen molar-refractivity contribution in [2.75, 3.05) is 11.5 Å². The Morgan fingerprint density at radius 1 is 0.800 bits per heavy atom. The van der Waals surface area contributed by atoms with Crippen molar-refractivity contribution in [1.82, 2.24) is 29.5 Å². The summed E-state index contributed by atoms with van der Waals surface area (Å²) in [6, 6.07) is 5.27. The molecule has 0 unspecified atom stereocenters. The third kappa shape index (κ3) is 1.96. The van der Waals surface area contributed by atoms with Gasteiger partial charge in [-0.2, -0.15) is 19.6 Å². The Balaban J connectivity index is 2.10. The number of hydrogen-bond acceptors (Lipinski definition) is 6. The number of rotatable bonds is 2. The highest BCUT2D eigenvalue weighted by Gasteiger charge is 2.10. The molecule has 8 nitrogen and oxygen atoms in total. The van der Waals surface area contributed by atoms with Crippen LogP contribution in [0.3, 0.4) is 0 Å². The average molecular weight is 270 g/mol. The minimum Gasteiger partial charge on any atom is -0.384 e. The predicted molar refractivity (Wildman–Crippen MR) is 74.6 cm³/mol. The first-order valence-corrected chi connectivity index (χ1v) is 6.01. The normalized spacial score (nSPS) is 10.9. The summed E-state index contributed by atoms with van der Waals surface area (Å²) in [7, 11) is 0. The number of aromatic nitrogens is 6. The van der Waals surface area contributed by atoms with Crippen molar-refractivity contribution in [2.24, 2.45) is 0 Å². The van der Waals surface area contributed by atoms with Crippen LogP contribution < -0.4 is 11.5 Å². The molecule has 102 valence electrons. The molecule has 0 atom stereocenters. The second-order valence-electron chi connectivity index (χ2n) is 4.48. The number of anilines is 2. The van der Waals surface area contributed by atoms with Crippen molar-refractivity contribution in [3.8, 4) is 11.6 Å². The SMILES string of the molecule is Cc1cc(N)n(-c2cc(-n3nc(C)cc3N)ncn2)n1. The van der Waals surface area contributed by atoms with E-state index in [1.807, 2.05) is 13.8 Å². The Morgan fingerprint density at radius 2 is 1.25 bits per heavy atom. The van der Waals surface area contributed by atoms with Crippen LogP contribution in [0.1, 0.15) is 11.4 Å². The zero-order chi connectivity index (χ0) is 14.3. The van der Waals surface area contributed by atoms with E-state index in [0.29, 0.717) is 23.3 Å². The van der Waals surface area contributed by atoms with Gasteiger partial charge in [-0.15, -0.1) is 0 Å². The van der Waals surface area contributed by atoms with Crippen molar-refractivity contribution < 1.29 is 0 Å². The van der Waals surface area contributed by atoms with E-state index >= 15 is 0 Å². The largest absolute Gasteiger partial charge is 0.384 e. The van der Waals surface area contributed by atoms with Crippen molar-refractivity contribution in [2.45, 2.75) is 13.8 Å². The number of nitrogen functional groups attached to an aromatic ring is 2. The molecule has 20 heavy (non-hydrogen) atoms. The zero-order valence-electron chi connectivity index (χ0n) is 11.1. The van der Waals surface area contributed by atoms with Gasteiger partial charge in [0.25, 0.3) is 0 Å². The van der Waals surface area contributed by atoms with E-state index in [-0.39, 0.29) is 0 Å². The van der Waals surface area contributed by atoms with Crippen LogP contribution >= 0.6 is 0 Å². The van der Waals surface area contributed by atoms with Gasteiger partial charge in [-0.05, 0) is 13.8 Å². The van der Waals surface area contributed by atoms with Crippen LogP contribution in [-0.4, -0.2) is 29.5 Å². The Kier molecular flexibility index (Phi) is 2.63. The molecular weight excluding hydrogens is 256 g/mol. The number of nitrogens with zero attached hydrogens (tertiary/aromatic N) is 6. The topological polar surface area (TPSA) is 113 Å². The van der Waals surface area contributed by atoms with Gasteiger partial charge in [0.05, 0.1) is 11.4 Å². The van der Waals surface area contributed by atoms with Crippen LogP contribution in [0, 0.1) is 13.8 Å². The zero-order valence-corrected chi connectivity index (χ0v) is 11.1. The van der Waals surface area contributed by atoms with Crippen LogP contribution in [0.25, 0.3) is 11.6 Å². The van der Waals surface area contributed by atoms with Gasteiger partial charge < -0.3 is 11.5 Å². The summed E-state index contributed by atoms with van der Waals surface area (Å²) in [5, 5.41) is 8.57. The molecule has 8 heteroatoms. The molecule has 4 N–H and O–H groups in total. The molecule has 0 saturated carbocycles. The highest BCUT2D eigenvalue weighted by atomic mass is 15.4. The molecule has 0 fully saturated rings. The number of aryl methyl sites for hydroxylation is 2. The minimum atomic E-state index is 0.511. The molecule has 0 radical (unpaired) electrons. The summed E-state index contributed by atoms with van der Waals surface area (Å²) in [5.74, 6) is 2.15. The lowest BCUT2D eigenvalue weighted by Gasteiger charge is -2.06. The third-order valence-corrected chi connectivity index (χ3v) is 2.79. The monoisotopic (exact) mass is 270 g/mol. The Bertz CT molecular complexity index is 708. The average Bonchev–Trinajstić information content (AvgIpc) is 2.91. The van der Waals surface area contributed by atoms with Gasteiger partial charge in [0.2, 0.25) is 0 Å². The number of hydrogen-bond donors (Lipinski definition) is 2. The molecule has 3 rings (SSSR count). The van der Waals surface area contributed by atoms with Gasteiger partial charge in [-0.25, -0.2) is 9.97 Å². The molecule has 3 aromatic rings. The lowest BCUT2D eigenvalue weighted by atomic mass is 10.4. The molecule has 0 spiro atoms. The van der Waals surface area contributed by atoms with Gasteiger partial charge in [0.15, 0.2) is 11.6 Å². The summed E-state index contributed by atoms with van der Waals surface area (Å²) < 4.78 is 3.10. The smallest absolute Gasteiger partial charge is 0.161 e. The van der Waals surface area contributed by atoms with Crippen molar-refractivity contribution in [3.63, 3.8) is 0 Å². The lowest BCUT2D eigenvalue weighted by molar-refractivity contribution is 0.801. The quantitative estimate of drug-likeness (QED) is 0.706. The van der Waals surface area contributed by atoms with Crippen molar-refractivity contribution in [1.29, 1.82) is 0 Å². The third-order valence-electron chi connectivity index (χ3n) is 2.79. The summed E-state index contributed by atoms with van der Waals surface area (Å²) in [6.45, 7) is 3.73. The predicted octanol–water partition coefficient (Wildman–Crippen LogP) is 0.629. The molecular formula is C12H14N8. The van der Waals surface area contributed by atoms with Crippen LogP contribution in [0.5, 0.6) is 0 Å². The van der Waals surface area contributed by atoms with E-state index in [9.17, 15) is 0 Å². The van der Waals surface area contributed by atoms with Crippen LogP contribution in [0.4, 0.5) is 11.6 Å². The van der Waals surface area contributed by atoms with Crippen molar-refractivity contribution in [3.05, 3.63) is 35.9 Å². The second kappa shape index (κ2) is 4.34. The van der Waals surface area contributed by atoms with E-state index in [1.54, 1.807) is 27.6 Å². The molecule has 0 amide bonds. The first kappa shape index (κ1) is 12.2. The van der Waals surface area contributed by atoms with Crippen LogP contribution in [-0.2, 0) is 0 Å². The maximum absolute atomic E-state index is 5.89. The molecule has 0 aliphatic heterocycles. The van der Waals surface area contributed by atoms with E-state index < -0.39 is 0 Å². The fraction of sp³-hybridized carbons (Fsp3) is 0.167. The first-order chi connectivity index (χ1) is 9.54. The molecule has 0 saturated heterocycles. The number of nitrogens with two attached hydrogens (primary N) is 2. The van der Waals surface area contributed by atoms with Gasteiger partial charge in [0, 0.05) is 18.2 Å². The van der Waals surface area contributed by atoms with E-state index in [0.717, 1.165) is 11.4 Å².